The Bertz CT molecular complexity index is 621. The lowest BCUT2D eigenvalue weighted by molar-refractivity contribution is 0.0632. The summed E-state index contributed by atoms with van der Waals surface area (Å²) in [6, 6.07) is 9.08. The van der Waals surface area contributed by atoms with Gasteiger partial charge in [0.1, 0.15) is 0 Å². The number of carbonyl (C=O) groups is 1. The second-order valence-electron chi connectivity index (χ2n) is 5.41. The van der Waals surface area contributed by atoms with Gasteiger partial charge in [-0.3, -0.25) is 14.4 Å². The van der Waals surface area contributed by atoms with Gasteiger partial charge in [0.15, 0.2) is 0 Å². The molecule has 1 amide bonds. The van der Waals surface area contributed by atoms with Gasteiger partial charge in [-0.25, -0.2) is 0 Å². The van der Waals surface area contributed by atoms with Crippen molar-refractivity contribution in [2.75, 3.05) is 32.7 Å². The molecule has 2 heterocycles. The Labute approximate surface area is 135 Å². The van der Waals surface area contributed by atoms with Gasteiger partial charge in [0.25, 0.3) is 5.91 Å². The molecule has 2 aromatic rings. The van der Waals surface area contributed by atoms with Gasteiger partial charge in [-0.1, -0.05) is 17.7 Å². The van der Waals surface area contributed by atoms with E-state index < -0.39 is 0 Å². The highest BCUT2D eigenvalue weighted by Crippen LogP contribution is 2.14. The van der Waals surface area contributed by atoms with Crippen molar-refractivity contribution in [3.05, 3.63) is 53.3 Å². The van der Waals surface area contributed by atoms with Crippen LogP contribution < -0.4 is 0 Å². The summed E-state index contributed by atoms with van der Waals surface area (Å²) in [6.45, 7) is 5.15. The smallest absolute Gasteiger partial charge is 0.253 e. The maximum absolute atomic E-state index is 12.4. The van der Waals surface area contributed by atoms with E-state index in [2.05, 4.69) is 10.00 Å². The van der Waals surface area contributed by atoms with Crippen molar-refractivity contribution < 1.29 is 4.79 Å². The fourth-order valence-electron chi connectivity index (χ4n) is 2.66. The number of amides is 1. The van der Waals surface area contributed by atoms with E-state index in [9.17, 15) is 4.79 Å². The van der Waals surface area contributed by atoms with E-state index >= 15 is 0 Å². The van der Waals surface area contributed by atoms with Crippen LogP contribution >= 0.6 is 11.6 Å². The van der Waals surface area contributed by atoms with Crippen molar-refractivity contribution in [2.45, 2.75) is 6.54 Å². The molecule has 0 saturated carbocycles. The van der Waals surface area contributed by atoms with Crippen LogP contribution in [0.4, 0.5) is 0 Å². The van der Waals surface area contributed by atoms with Crippen molar-refractivity contribution >= 4 is 17.5 Å². The first-order chi connectivity index (χ1) is 10.7. The number of carbonyl (C=O) groups excluding carboxylic acids is 1. The number of piperazine rings is 1. The summed E-state index contributed by atoms with van der Waals surface area (Å²) < 4.78 is 1.93. The Kier molecular flexibility index (Phi) is 4.75. The topological polar surface area (TPSA) is 41.4 Å². The summed E-state index contributed by atoms with van der Waals surface area (Å²) in [7, 11) is 0. The van der Waals surface area contributed by atoms with Gasteiger partial charge >= 0.3 is 0 Å². The maximum Gasteiger partial charge on any atom is 0.253 e. The Morgan fingerprint density at radius 3 is 2.64 bits per heavy atom. The van der Waals surface area contributed by atoms with Crippen LogP contribution in [-0.4, -0.2) is 58.2 Å². The lowest BCUT2D eigenvalue weighted by Crippen LogP contribution is -2.49. The van der Waals surface area contributed by atoms with E-state index in [1.54, 1.807) is 18.3 Å². The number of rotatable bonds is 4. The average molecular weight is 319 g/mol. The predicted molar refractivity (Wildman–Crippen MR) is 86.0 cm³/mol. The lowest BCUT2D eigenvalue weighted by atomic mass is 10.2. The lowest BCUT2D eigenvalue weighted by Gasteiger charge is -2.34. The molecule has 1 fully saturated rings. The van der Waals surface area contributed by atoms with Gasteiger partial charge in [-0.2, -0.15) is 5.10 Å². The predicted octanol–water partition coefficient (Wildman–Crippen LogP) is 1.99. The third kappa shape index (κ3) is 3.67. The monoisotopic (exact) mass is 318 g/mol. The molecule has 6 heteroatoms. The van der Waals surface area contributed by atoms with Gasteiger partial charge in [-0.15, -0.1) is 0 Å². The average Bonchev–Trinajstić information content (AvgIpc) is 3.06. The third-order valence-electron chi connectivity index (χ3n) is 3.94. The number of aromatic nitrogens is 2. The molecule has 0 aliphatic carbocycles. The van der Waals surface area contributed by atoms with Gasteiger partial charge in [0, 0.05) is 55.7 Å². The molecular formula is C16H19ClN4O. The molecule has 1 aliphatic rings. The summed E-state index contributed by atoms with van der Waals surface area (Å²) in [4.78, 5) is 16.7. The van der Waals surface area contributed by atoms with Gasteiger partial charge in [-0.05, 0) is 24.3 Å². The van der Waals surface area contributed by atoms with Crippen molar-refractivity contribution in [3.8, 4) is 0 Å². The molecular weight excluding hydrogens is 300 g/mol. The molecule has 1 aromatic carbocycles. The van der Waals surface area contributed by atoms with Crippen LogP contribution in [-0.2, 0) is 6.54 Å². The summed E-state index contributed by atoms with van der Waals surface area (Å²) >= 11 is 5.95. The quantitative estimate of drug-likeness (QED) is 0.866. The second-order valence-corrected chi connectivity index (χ2v) is 5.85. The van der Waals surface area contributed by atoms with Crippen LogP contribution in [0.1, 0.15) is 10.4 Å². The Morgan fingerprint density at radius 1 is 1.14 bits per heavy atom. The standard InChI is InChI=1S/C16H19ClN4O/c17-15-4-1-3-14(13-15)16(22)20-10-7-19(8-11-20)9-12-21-6-2-5-18-21/h1-6,13H,7-12H2. The van der Waals surface area contributed by atoms with Gasteiger partial charge < -0.3 is 4.90 Å². The summed E-state index contributed by atoms with van der Waals surface area (Å²) in [5.74, 6) is 0.0641. The first-order valence-electron chi connectivity index (χ1n) is 7.47. The van der Waals surface area contributed by atoms with E-state index in [4.69, 9.17) is 11.6 Å². The number of hydrogen-bond acceptors (Lipinski definition) is 3. The first kappa shape index (κ1) is 15.1. The van der Waals surface area contributed by atoms with Crippen LogP contribution in [0.15, 0.2) is 42.7 Å². The molecule has 1 saturated heterocycles. The minimum Gasteiger partial charge on any atom is -0.336 e. The summed E-state index contributed by atoms with van der Waals surface area (Å²) in [5.41, 5.74) is 0.664. The molecule has 116 valence electrons. The highest BCUT2D eigenvalue weighted by atomic mass is 35.5. The SMILES string of the molecule is O=C(c1cccc(Cl)c1)N1CCN(CCn2cccn2)CC1. The van der Waals surface area contributed by atoms with E-state index in [1.165, 1.54) is 0 Å². The molecule has 22 heavy (non-hydrogen) atoms. The van der Waals surface area contributed by atoms with Gasteiger partial charge in [0.05, 0.1) is 6.54 Å². The minimum atomic E-state index is 0.0641. The number of hydrogen-bond donors (Lipinski definition) is 0. The Morgan fingerprint density at radius 2 is 1.95 bits per heavy atom. The maximum atomic E-state index is 12.4. The zero-order valence-electron chi connectivity index (χ0n) is 12.4. The van der Waals surface area contributed by atoms with E-state index in [1.807, 2.05) is 34.0 Å². The molecule has 1 aromatic heterocycles. The Hall–Kier alpha value is -1.85. The molecule has 3 rings (SSSR count). The normalized spacial score (nSPS) is 16.0. The van der Waals surface area contributed by atoms with Crippen LogP contribution in [0.3, 0.4) is 0 Å². The fourth-order valence-corrected chi connectivity index (χ4v) is 2.85. The van der Waals surface area contributed by atoms with Crippen molar-refractivity contribution in [2.24, 2.45) is 0 Å². The highest BCUT2D eigenvalue weighted by Gasteiger charge is 2.22. The molecule has 0 unspecified atom stereocenters. The summed E-state index contributed by atoms with van der Waals surface area (Å²) in [5, 5.41) is 4.81. The van der Waals surface area contributed by atoms with E-state index in [-0.39, 0.29) is 5.91 Å². The van der Waals surface area contributed by atoms with Crippen molar-refractivity contribution in [1.29, 1.82) is 0 Å². The number of halogens is 1. The number of benzene rings is 1. The molecule has 1 aliphatic heterocycles. The zero-order valence-corrected chi connectivity index (χ0v) is 13.1. The van der Waals surface area contributed by atoms with E-state index in [0.717, 1.165) is 39.3 Å². The number of nitrogens with zero attached hydrogens (tertiary/aromatic N) is 4. The minimum absolute atomic E-state index is 0.0641. The summed E-state index contributed by atoms with van der Waals surface area (Å²) in [6.07, 6.45) is 3.76. The molecule has 0 atom stereocenters. The first-order valence-corrected chi connectivity index (χ1v) is 7.85. The fraction of sp³-hybridized carbons (Fsp3) is 0.375. The van der Waals surface area contributed by atoms with Crippen LogP contribution in [0.2, 0.25) is 5.02 Å². The van der Waals surface area contributed by atoms with Crippen LogP contribution in [0, 0.1) is 0 Å². The zero-order chi connectivity index (χ0) is 15.4. The molecule has 5 nitrogen and oxygen atoms in total. The molecule has 0 bridgehead atoms. The van der Waals surface area contributed by atoms with Crippen molar-refractivity contribution in [1.82, 2.24) is 19.6 Å². The van der Waals surface area contributed by atoms with Crippen LogP contribution in [0.25, 0.3) is 0 Å². The largest absolute Gasteiger partial charge is 0.336 e. The molecule has 0 radical (unpaired) electrons. The Balaban J connectivity index is 1.50. The second kappa shape index (κ2) is 6.94. The third-order valence-corrected chi connectivity index (χ3v) is 4.17. The van der Waals surface area contributed by atoms with Crippen molar-refractivity contribution in [3.63, 3.8) is 0 Å². The highest BCUT2D eigenvalue weighted by molar-refractivity contribution is 6.30. The molecule has 0 N–H and O–H groups in total. The van der Waals surface area contributed by atoms with E-state index in [0.29, 0.717) is 10.6 Å². The molecule has 0 spiro atoms. The van der Waals surface area contributed by atoms with Crippen LogP contribution in [0.5, 0.6) is 0 Å². The van der Waals surface area contributed by atoms with Gasteiger partial charge in [0.2, 0.25) is 0 Å².